The second-order valence-corrected chi connectivity index (χ2v) is 14.2. The summed E-state index contributed by atoms with van der Waals surface area (Å²) in [4.78, 5) is 59.8. The number of imide groups is 1. The fraction of sp³-hybridized carbons (Fsp3) is 0.220. The van der Waals surface area contributed by atoms with Crippen molar-refractivity contribution in [3.63, 3.8) is 0 Å². The van der Waals surface area contributed by atoms with Crippen molar-refractivity contribution in [3.05, 3.63) is 148 Å². The quantitative estimate of drug-likeness (QED) is 0.176. The number of allylic oxidation sites excluding steroid dienone is 4. The van der Waals surface area contributed by atoms with E-state index in [1.54, 1.807) is 24.3 Å². The largest absolute Gasteiger partial charge is 0.507 e. The third kappa shape index (κ3) is 4.30. The number of phenolic OH excluding ortho intramolecular Hbond substituents is 1. The number of carbonyl (C=O) groups is 4. The lowest BCUT2D eigenvalue weighted by molar-refractivity contribution is -0.135. The molecule has 2 amide bonds. The van der Waals surface area contributed by atoms with Gasteiger partial charge >= 0.3 is 0 Å². The number of para-hydroxylation sites is 1. The van der Waals surface area contributed by atoms with E-state index in [0.717, 1.165) is 10.0 Å². The number of hydrogen-bond acceptors (Lipinski definition) is 5. The molecule has 1 aliphatic heterocycles. The number of aryl methyl sites for hydroxylation is 1. The summed E-state index contributed by atoms with van der Waals surface area (Å²) in [6.45, 7) is 1.81. The van der Waals surface area contributed by atoms with Crippen LogP contribution in [0.4, 0.5) is 5.69 Å². The molecule has 1 heterocycles. The van der Waals surface area contributed by atoms with Crippen LogP contribution in [0.15, 0.2) is 125 Å². The second kappa shape index (κ2) is 11.4. The maximum atomic E-state index is 15.1. The molecule has 0 bridgehead atoms. The number of Topliss-reactive ketones (excluding diaryl/α,β-unsaturated/α-hetero) is 1. The predicted molar refractivity (Wildman–Crippen MR) is 186 cm³/mol. The van der Waals surface area contributed by atoms with Crippen molar-refractivity contribution in [2.75, 3.05) is 4.90 Å². The Hall–Kier alpha value is -4.88. The number of aromatic hydroxyl groups is 1. The highest BCUT2D eigenvalue weighted by atomic mass is 79.9. The Kier molecular flexibility index (Phi) is 7.22. The average molecular weight is 699 g/mol. The van der Waals surface area contributed by atoms with Crippen LogP contribution >= 0.6 is 15.9 Å². The fourth-order valence-electron chi connectivity index (χ4n) is 8.98. The molecule has 6 unspecified atom stereocenters. The summed E-state index contributed by atoms with van der Waals surface area (Å²) in [5.74, 6) is -4.30. The second-order valence-electron chi connectivity index (χ2n) is 13.3. The van der Waals surface area contributed by atoms with Crippen LogP contribution in [0.1, 0.15) is 41.0 Å². The van der Waals surface area contributed by atoms with Gasteiger partial charge in [0.25, 0.3) is 0 Å². The van der Waals surface area contributed by atoms with Crippen molar-refractivity contribution in [2.45, 2.75) is 31.1 Å². The molecule has 0 radical (unpaired) electrons. The van der Waals surface area contributed by atoms with Crippen LogP contribution < -0.4 is 4.90 Å². The first-order valence-electron chi connectivity index (χ1n) is 16.3. The number of ketones is 2. The van der Waals surface area contributed by atoms with E-state index in [-0.39, 0.29) is 35.6 Å². The third-order valence-electron chi connectivity index (χ3n) is 11.0. The first-order valence-corrected chi connectivity index (χ1v) is 17.1. The van der Waals surface area contributed by atoms with Gasteiger partial charge in [0.05, 0.1) is 22.9 Å². The monoisotopic (exact) mass is 697 g/mol. The molecule has 0 spiro atoms. The SMILES string of the molecule is Cc1cccc(C2C3=CCC4C(=O)N(c5ccc(Br)cc5)C(=O)C4C3CC3C(=O)C(c4ccccc4)=CC(=O)C32c2ccccc2)c1O. The van der Waals surface area contributed by atoms with Gasteiger partial charge in [-0.1, -0.05) is 106 Å². The Bertz CT molecular complexity index is 2070. The highest BCUT2D eigenvalue weighted by Gasteiger charge is 2.66. The number of carbonyl (C=O) groups excluding carboxylic acids is 4. The van der Waals surface area contributed by atoms with Gasteiger partial charge in [-0.2, -0.15) is 0 Å². The lowest BCUT2D eigenvalue weighted by Crippen LogP contribution is -2.58. The molecule has 1 N–H and O–H groups in total. The highest BCUT2D eigenvalue weighted by Crippen LogP contribution is 2.64. The van der Waals surface area contributed by atoms with E-state index < -0.39 is 35.0 Å². The Morgan fingerprint density at radius 1 is 0.792 bits per heavy atom. The van der Waals surface area contributed by atoms with Crippen LogP contribution in [0, 0.1) is 30.6 Å². The molecule has 3 aliphatic carbocycles. The number of fused-ring (bicyclic) bond motifs is 4. The molecule has 48 heavy (non-hydrogen) atoms. The van der Waals surface area contributed by atoms with Crippen LogP contribution in [0.2, 0.25) is 0 Å². The standard InChI is InChI=1S/C41H32BrNO5/c1-23-9-8-14-30(37(23)45)36-28-19-20-29-35(40(48)43(39(29)47)27-17-15-26(42)16-18-27)32(28)21-33-38(46)31(24-10-4-2-5-11-24)22-34(44)41(33,36)25-12-6-3-7-13-25/h2-19,22,29,32-33,35-36,45H,20-21H2,1H3. The van der Waals surface area contributed by atoms with Crippen LogP contribution in [0.5, 0.6) is 5.75 Å². The Morgan fingerprint density at radius 3 is 2.19 bits per heavy atom. The van der Waals surface area contributed by atoms with E-state index in [9.17, 15) is 19.5 Å². The Morgan fingerprint density at radius 2 is 1.48 bits per heavy atom. The van der Waals surface area contributed by atoms with E-state index in [2.05, 4.69) is 15.9 Å². The van der Waals surface area contributed by atoms with Crippen molar-refractivity contribution >= 4 is 50.6 Å². The van der Waals surface area contributed by atoms with Gasteiger partial charge in [-0.15, -0.1) is 0 Å². The summed E-state index contributed by atoms with van der Waals surface area (Å²) in [6, 6.07) is 31.2. The number of amides is 2. The predicted octanol–water partition coefficient (Wildman–Crippen LogP) is 7.49. The maximum Gasteiger partial charge on any atom is 0.238 e. The molecular formula is C41H32BrNO5. The van der Waals surface area contributed by atoms with Crippen molar-refractivity contribution in [2.24, 2.45) is 23.7 Å². The molecule has 4 aromatic rings. The van der Waals surface area contributed by atoms with Crippen molar-refractivity contribution in [1.29, 1.82) is 0 Å². The van der Waals surface area contributed by atoms with E-state index in [1.165, 1.54) is 11.0 Å². The molecule has 238 valence electrons. The molecule has 6 nitrogen and oxygen atoms in total. The van der Waals surface area contributed by atoms with Gasteiger partial charge in [0.15, 0.2) is 11.6 Å². The van der Waals surface area contributed by atoms with Crippen molar-refractivity contribution in [3.8, 4) is 5.75 Å². The summed E-state index contributed by atoms with van der Waals surface area (Å²) in [7, 11) is 0. The fourth-order valence-corrected chi connectivity index (χ4v) is 9.24. The minimum atomic E-state index is -1.38. The van der Waals surface area contributed by atoms with Crippen molar-refractivity contribution in [1.82, 2.24) is 0 Å². The van der Waals surface area contributed by atoms with Gasteiger partial charge in [0, 0.05) is 27.4 Å². The number of hydrogen-bond donors (Lipinski definition) is 1. The Labute approximate surface area is 286 Å². The van der Waals surface area contributed by atoms with Gasteiger partial charge in [0.1, 0.15) is 5.75 Å². The molecule has 4 aliphatic rings. The Balaban J connectivity index is 1.37. The van der Waals surface area contributed by atoms with Crippen LogP contribution in [0.25, 0.3) is 5.57 Å². The number of phenols is 1. The maximum absolute atomic E-state index is 15.1. The molecule has 7 heteroatoms. The summed E-state index contributed by atoms with van der Waals surface area (Å²) in [6.07, 6.45) is 4.05. The zero-order chi connectivity index (χ0) is 33.3. The van der Waals surface area contributed by atoms with E-state index >= 15 is 4.79 Å². The van der Waals surface area contributed by atoms with Crippen LogP contribution in [-0.4, -0.2) is 28.5 Å². The number of benzene rings is 4. The molecule has 0 aromatic heterocycles. The number of halogens is 1. The summed E-state index contributed by atoms with van der Waals surface area (Å²) in [5.41, 5.74) is 2.82. The topological polar surface area (TPSA) is 91.8 Å². The highest BCUT2D eigenvalue weighted by molar-refractivity contribution is 9.10. The van der Waals surface area contributed by atoms with Gasteiger partial charge < -0.3 is 5.11 Å². The molecule has 4 aromatic carbocycles. The zero-order valence-corrected chi connectivity index (χ0v) is 27.8. The number of anilines is 1. The van der Waals surface area contributed by atoms with E-state index in [4.69, 9.17) is 0 Å². The number of nitrogens with zero attached hydrogens (tertiary/aromatic N) is 1. The van der Waals surface area contributed by atoms with Gasteiger partial charge in [-0.05, 0) is 72.7 Å². The molecule has 2 fully saturated rings. The molecular weight excluding hydrogens is 666 g/mol. The first kappa shape index (κ1) is 30.5. The minimum absolute atomic E-state index is 0.0589. The lowest BCUT2D eigenvalue weighted by Gasteiger charge is -2.55. The van der Waals surface area contributed by atoms with E-state index in [1.807, 2.05) is 91.9 Å². The van der Waals surface area contributed by atoms with E-state index in [0.29, 0.717) is 39.9 Å². The minimum Gasteiger partial charge on any atom is -0.507 e. The molecule has 1 saturated carbocycles. The summed E-state index contributed by atoms with van der Waals surface area (Å²) < 4.78 is 0.833. The lowest BCUT2D eigenvalue weighted by atomic mass is 9.44. The van der Waals surface area contributed by atoms with Gasteiger partial charge in [0.2, 0.25) is 11.8 Å². The van der Waals surface area contributed by atoms with Crippen LogP contribution in [-0.2, 0) is 24.6 Å². The third-order valence-corrected chi connectivity index (χ3v) is 11.6. The first-order chi connectivity index (χ1) is 23.2. The summed E-state index contributed by atoms with van der Waals surface area (Å²) >= 11 is 3.44. The van der Waals surface area contributed by atoms with Crippen LogP contribution in [0.3, 0.4) is 0 Å². The van der Waals surface area contributed by atoms with Crippen molar-refractivity contribution < 1.29 is 24.3 Å². The average Bonchev–Trinajstić information content (AvgIpc) is 3.37. The normalized spacial score (nSPS) is 28.0. The van der Waals surface area contributed by atoms with Gasteiger partial charge in [-0.25, -0.2) is 0 Å². The molecule has 8 rings (SSSR count). The molecule has 6 atom stereocenters. The van der Waals surface area contributed by atoms with Gasteiger partial charge in [-0.3, -0.25) is 24.1 Å². The zero-order valence-electron chi connectivity index (χ0n) is 26.2. The number of rotatable bonds is 4. The summed E-state index contributed by atoms with van der Waals surface area (Å²) in [5, 5.41) is 11.7. The molecule has 1 saturated heterocycles. The smallest absolute Gasteiger partial charge is 0.238 e.